The molecule has 2 aromatic carbocycles. The third-order valence-corrected chi connectivity index (χ3v) is 4.09. The predicted octanol–water partition coefficient (Wildman–Crippen LogP) is 3.63. The van der Waals surface area contributed by atoms with Crippen molar-refractivity contribution in [1.82, 2.24) is 10.6 Å². The average Bonchev–Trinajstić information content (AvgIpc) is 2.71. The molecule has 0 unspecified atom stereocenters. The van der Waals surface area contributed by atoms with Crippen LogP contribution in [-0.2, 0) is 13.0 Å². The summed E-state index contributed by atoms with van der Waals surface area (Å²) in [6, 6.07) is 10.2. The zero-order chi connectivity index (χ0) is 21.1. The molecule has 2 rings (SSSR count). The summed E-state index contributed by atoms with van der Waals surface area (Å²) in [6.45, 7) is 8.75. The van der Waals surface area contributed by atoms with Gasteiger partial charge < -0.3 is 25.2 Å². The number of benzene rings is 2. The van der Waals surface area contributed by atoms with Gasteiger partial charge in [0.1, 0.15) is 0 Å². The Bertz CT molecular complexity index is 812. The van der Waals surface area contributed by atoms with Crippen LogP contribution in [0.4, 0.5) is 4.39 Å². The quantitative estimate of drug-likeness (QED) is 0.417. The standard InChI is InChI=1S/C22H30FN3O3/c1-4-24-22(26-15-17-7-9-19(27)18(23)13-17)25-12-11-16-8-10-20(28-5-2)21(14-16)29-6-3/h7-10,13-14,27H,4-6,11-12,15H2,1-3H3,(H2,24,25,26). The van der Waals surface area contributed by atoms with Crippen molar-refractivity contribution in [3.63, 3.8) is 0 Å². The number of halogens is 1. The summed E-state index contributed by atoms with van der Waals surface area (Å²) >= 11 is 0. The molecule has 0 aliphatic heterocycles. The van der Waals surface area contributed by atoms with E-state index in [1.54, 1.807) is 6.07 Å². The van der Waals surface area contributed by atoms with Crippen LogP contribution in [0.25, 0.3) is 0 Å². The molecule has 0 bridgehead atoms. The molecular formula is C22H30FN3O3. The van der Waals surface area contributed by atoms with Crippen LogP contribution < -0.4 is 20.1 Å². The fourth-order valence-electron chi connectivity index (χ4n) is 2.74. The maximum atomic E-state index is 13.5. The lowest BCUT2D eigenvalue weighted by atomic mass is 10.1. The van der Waals surface area contributed by atoms with Crippen molar-refractivity contribution in [3.8, 4) is 17.2 Å². The lowest BCUT2D eigenvalue weighted by Gasteiger charge is -2.14. The Morgan fingerprint density at radius 1 is 0.966 bits per heavy atom. The maximum Gasteiger partial charge on any atom is 0.191 e. The topological polar surface area (TPSA) is 75.1 Å². The predicted molar refractivity (Wildman–Crippen MR) is 113 cm³/mol. The highest BCUT2D eigenvalue weighted by molar-refractivity contribution is 5.79. The molecule has 2 aromatic rings. The third kappa shape index (κ3) is 7.18. The summed E-state index contributed by atoms with van der Waals surface area (Å²) in [4.78, 5) is 4.47. The fourth-order valence-corrected chi connectivity index (χ4v) is 2.74. The van der Waals surface area contributed by atoms with Gasteiger partial charge in [0.15, 0.2) is 29.0 Å². The first-order valence-corrected chi connectivity index (χ1v) is 9.95. The maximum absolute atomic E-state index is 13.5. The minimum absolute atomic E-state index is 0.310. The Morgan fingerprint density at radius 3 is 2.38 bits per heavy atom. The minimum Gasteiger partial charge on any atom is -0.505 e. The van der Waals surface area contributed by atoms with Gasteiger partial charge in [-0.1, -0.05) is 12.1 Å². The van der Waals surface area contributed by atoms with Crippen LogP contribution in [0.2, 0.25) is 0 Å². The van der Waals surface area contributed by atoms with Gasteiger partial charge in [0.2, 0.25) is 0 Å². The van der Waals surface area contributed by atoms with Gasteiger partial charge in [-0.25, -0.2) is 9.38 Å². The summed E-state index contributed by atoms with van der Waals surface area (Å²) < 4.78 is 24.7. The number of hydrogen-bond donors (Lipinski definition) is 3. The Morgan fingerprint density at radius 2 is 1.69 bits per heavy atom. The van der Waals surface area contributed by atoms with E-state index in [-0.39, 0.29) is 5.75 Å². The molecule has 0 aromatic heterocycles. The molecule has 158 valence electrons. The lowest BCUT2D eigenvalue weighted by molar-refractivity contribution is 0.287. The van der Waals surface area contributed by atoms with Crippen LogP contribution in [-0.4, -0.2) is 37.4 Å². The van der Waals surface area contributed by atoms with Crippen LogP contribution in [0.15, 0.2) is 41.4 Å². The van der Waals surface area contributed by atoms with E-state index in [0.717, 1.165) is 23.5 Å². The smallest absolute Gasteiger partial charge is 0.191 e. The summed E-state index contributed by atoms with van der Waals surface area (Å²) in [5.74, 6) is 1.15. The summed E-state index contributed by atoms with van der Waals surface area (Å²) in [5, 5.41) is 15.7. The molecule has 0 amide bonds. The van der Waals surface area contributed by atoms with Crippen molar-refractivity contribution in [2.24, 2.45) is 4.99 Å². The number of nitrogens with one attached hydrogen (secondary N) is 2. The number of aliphatic imine (C=N–C) groups is 1. The molecule has 3 N–H and O–H groups in total. The van der Waals surface area contributed by atoms with Crippen LogP contribution in [0.1, 0.15) is 31.9 Å². The van der Waals surface area contributed by atoms with Gasteiger partial charge in [-0.2, -0.15) is 0 Å². The molecule has 0 radical (unpaired) electrons. The highest BCUT2D eigenvalue weighted by Gasteiger charge is 2.07. The number of phenols is 1. The monoisotopic (exact) mass is 403 g/mol. The van der Waals surface area contributed by atoms with Gasteiger partial charge in [0.25, 0.3) is 0 Å². The van der Waals surface area contributed by atoms with Gasteiger partial charge >= 0.3 is 0 Å². The molecule has 0 saturated heterocycles. The number of aromatic hydroxyl groups is 1. The van der Waals surface area contributed by atoms with Crippen molar-refractivity contribution in [1.29, 1.82) is 0 Å². The first kappa shape index (κ1) is 22.3. The molecule has 29 heavy (non-hydrogen) atoms. The molecule has 0 saturated carbocycles. The molecule has 0 aliphatic carbocycles. The summed E-state index contributed by atoms with van der Waals surface area (Å²) in [7, 11) is 0. The van der Waals surface area contributed by atoms with E-state index in [9.17, 15) is 9.50 Å². The van der Waals surface area contributed by atoms with Crippen molar-refractivity contribution in [3.05, 3.63) is 53.3 Å². The van der Waals surface area contributed by atoms with E-state index in [1.165, 1.54) is 12.1 Å². The number of hydrogen-bond acceptors (Lipinski definition) is 4. The second-order valence-corrected chi connectivity index (χ2v) is 6.30. The molecule has 0 aliphatic rings. The Balaban J connectivity index is 1.96. The second-order valence-electron chi connectivity index (χ2n) is 6.30. The second kappa shape index (κ2) is 11.8. The summed E-state index contributed by atoms with van der Waals surface area (Å²) in [5.41, 5.74) is 1.81. The highest BCUT2D eigenvalue weighted by atomic mass is 19.1. The van der Waals surface area contributed by atoms with Crippen LogP contribution >= 0.6 is 0 Å². The number of rotatable bonds is 10. The van der Waals surface area contributed by atoms with Crippen molar-refractivity contribution < 1.29 is 19.0 Å². The zero-order valence-corrected chi connectivity index (χ0v) is 17.3. The van der Waals surface area contributed by atoms with Gasteiger partial charge in [0.05, 0.1) is 19.8 Å². The lowest BCUT2D eigenvalue weighted by Crippen LogP contribution is -2.38. The Hall–Kier alpha value is -2.96. The molecular weight excluding hydrogens is 373 g/mol. The van der Waals surface area contributed by atoms with E-state index in [2.05, 4.69) is 15.6 Å². The van der Waals surface area contributed by atoms with Gasteiger partial charge in [0, 0.05) is 13.1 Å². The Labute approximate surface area is 171 Å². The van der Waals surface area contributed by atoms with Gasteiger partial charge in [-0.05, 0) is 62.6 Å². The molecule has 0 heterocycles. The number of guanidine groups is 1. The molecule has 0 spiro atoms. The van der Waals surface area contributed by atoms with Crippen LogP contribution in [0.3, 0.4) is 0 Å². The zero-order valence-electron chi connectivity index (χ0n) is 17.3. The number of nitrogens with zero attached hydrogens (tertiary/aromatic N) is 1. The Kier molecular flexibility index (Phi) is 9.08. The number of phenolic OH excluding ortho intramolecular Hbond substituents is 1. The fraction of sp³-hybridized carbons (Fsp3) is 0.409. The van der Waals surface area contributed by atoms with E-state index in [1.807, 2.05) is 39.0 Å². The number of ether oxygens (including phenoxy) is 2. The molecule has 6 nitrogen and oxygen atoms in total. The molecule has 0 atom stereocenters. The van der Waals surface area contributed by atoms with E-state index >= 15 is 0 Å². The molecule has 0 fully saturated rings. The van der Waals surface area contributed by atoms with Crippen LogP contribution in [0, 0.1) is 5.82 Å². The van der Waals surface area contributed by atoms with E-state index < -0.39 is 5.82 Å². The highest BCUT2D eigenvalue weighted by Crippen LogP contribution is 2.28. The van der Waals surface area contributed by atoms with Crippen molar-refractivity contribution >= 4 is 5.96 Å². The molecule has 7 heteroatoms. The first-order chi connectivity index (χ1) is 14.1. The first-order valence-electron chi connectivity index (χ1n) is 9.95. The van der Waals surface area contributed by atoms with Gasteiger partial charge in [-0.3, -0.25) is 0 Å². The largest absolute Gasteiger partial charge is 0.505 e. The third-order valence-electron chi connectivity index (χ3n) is 4.09. The normalized spacial score (nSPS) is 11.2. The van der Waals surface area contributed by atoms with Crippen molar-refractivity contribution in [2.45, 2.75) is 33.7 Å². The average molecular weight is 403 g/mol. The van der Waals surface area contributed by atoms with E-state index in [4.69, 9.17) is 9.47 Å². The van der Waals surface area contributed by atoms with E-state index in [0.29, 0.717) is 44.4 Å². The SMILES string of the molecule is CCNC(=NCc1ccc(O)c(F)c1)NCCc1ccc(OCC)c(OCC)c1. The minimum atomic E-state index is -0.642. The van der Waals surface area contributed by atoms with Gasteiger partial charge in [-0.15, -0.1) is 0 Å². The van der Waals surface area contributed by atoms with Crippen molar-refractivity contribution in [2.75, 3.05) is 26.3 Å². The van der Waals surface area contributed by atoms with Crippen LogP contribution in [0.5, 0.6) is 17.2 Å². The summed E-state index contributed by atoms with van der Waals surface area (Å²) in [6.07, 6.45) is 0.782.